The van der Waals surface area contributed by atoms with Crippen LogP contribution in [0.25, 0.3) is 0 Å². The van der Waals surface area contributed by atoms with Crippen LogP contribution in [0.5, 0.6) is 0 Å². The van der Waals surface area contributed by atoms with Gasteiger partial charge in [0.1, 0.15) is 6.17 Å². The molecular weight excluding hydrogens is 351 g/mol. The average Bonchev–Trinajstić information content (AvgIpc) is 3.00. The van der Waals surface area contributed by atoms with Gasteiger partial charge in [0.25, 0.3) is 0 Å². The van der Waals surface area contributed by atoms with Gasteiger partial charge in [-0.2, -0.15) is 0 Å². The first kappa shape index (κ1) is 20.7. The SMILES string of the molecule is CC1CC[C@@]2(C)[C@H](CC[C@@H]3[C@@H]2CC[C@]2(C)C([C@H](C)CCC(=O)O)CC[C@@H]32)[C@H]1F. The highest BCUT2D eigenvalue weighted by molar-refractivity contribution is 5.66. The molecule has 4 fully saturated rings. The molecule has 0 spiro atoms. The smallest absolute Gasteiger partial charge is 0.303 e. The molecule has 0 bridgehead atoms. The maximum Gasteiger partial charge on any atom is 0.303 e. The highest BCUT2D eigenvalue weighted by atomic mass is 19.1. The summed E-state index contributed by atoms with van der Waals surface area (Å²) in [7, 11) is 0. The first-order valence-electron chi connectivity index (χ1n) is 12.0. The molecule has 10 atom stereocenters. The second-order valence-corrected chi connectivity index (χ2v) is 11.7. The third-order valence-corrected chi connectivity index (χ3v) is 10.6. The molecule has 0 aromatic heterocycles. The fourth-order valence-corrected chi connectivity index (χ4v) is 9.00. The van der Waals surface area contributed by atoms with Crippen molar-refractivity contribution in [3.8, 4) is 0 Å². The summed E-state index contributed by atoms with van der Waals surface area (Å²) < 4.78 is 15.1. The minimum atomic E-state index is -0.659. The Morgan fingerprint density at radius 2 is 1.64 bits per heavy atom. The van der Waals surface area contributed by atoms with Crippen molar-refractivity contribution in [3.05, 3.63) is 0 Å². The zero-order valence-corrected chi connectivity index (χ0v) is 18.4. The van der Waals surface area contributed by atoms with E-state index in [-0.39, 0.29) is 17.3 Å². The molecule has 4 rings (SSSR count). The number of carboxylic acids is 1. The largest absolute Gasteiger partial charge is 0.481 e. The Labute approximate surface area is 171 Å². The molecule has 2 nitrogen and oxygen atoms in total. The van der Waals surface area contributed by atoms with Crippen molar-refractivity contribution in [2.24, 2.45) is 52.3 Å². The molecule has 4 saturated carbocycles. The highest BCUT2D eigenvalue weighted by Gasteiger charge is 2.61. The Morgan fingerprint density at radius 3 is 2.36 bits per heavy atom. The zero-order chi connectivity index (χ0) is 20.3. The van der Waals surface area contributed by atoms with Gasteiger partial charge in [-0.3, -0.25) is 4.79 Å². The number of alkyl halides is 1. The zero-order valence-electron chi connectivity index (χ0n) is 18.4. The first-order chi connectivity index (χ1) is 13.2. The van der Waals surface area contributed by atoms with Crippen LogP contribution in [0.15, 0.2) is 0 Å². The van der Waals surface area contributed by atoms with Crippen LogP contribution >= 0.6 is 0 Å². The van der Waals surface area contributed by atoms with Crippen molar-refractivity contribution in [1.82, 2.24) is 0 Å². The molecule has 0 saturated heterocycles. The van der Waals surface area contributed by atoms with Crippen LogP contribution in [-0.4, -0.2) is 17.2 Å². The number of hydrogen-bond acceptors (Lipinski definition) is 1. The van der Waals surface area contributed by atoms with Crippen molar-refractivity contribution < 1.29 is 14.3 Å². The summed E-state index contributed by atoms with van der Waals surface area (Å²) >= 11 is 0. The van der Waals surface area contributed by atoms with Gasteiger partial charge >= 0.3 is 5.97 Å². The minimum Gasteiger partial charge on any atom is -0.481 e. The number of fused-ring (bicyclic) bond motifs is 5. The number of rotatable bonds is 4. The Hall–Kier alpha value is -0.600. The number of hydrogen-bond donors (Lipinski definition) is 1. The average molecular weight is 393 g/mol. The monoisotopic (exact) mass is 392 g/mol. The normalized spacial score (nSPS) is 51.7. The molecule has 0 amide bonds. The van der Waals surface area contributed by atoms with E-state index in [0.717, 1.165) is 31.1 Å². The third kappa shape index (κ3) is 3.05. The fraction of sp³-hybridized carbons (Fsp3) is 0.960. The standard InChI is InChI=1S/C25H41FO2/c1-15(5-10-22(27)28)18-8-9-19-17-6-7-21-23(26)16(2)11-13-25(21,4)20(17)12-14-24(18,19)3/h15-21,23H,5-14H2,1-4H3,(H,27,28)/t15-,16?,17+,18?,19+,20+,21-,23+,24-,25-/m1/s1. The van der Waals surface area contributed by atoms with E-state index in [2.05, 4.69) is 27.7 Å². The van der Waals surface area contributed by atoms with Crippen LogP contribution < -0.4 is 0 Å². The molecule has 28 heavy (non-hydrogen) atoms. The van der Waals surface area contributed by atoms with Crippen LogP contribution in [0.3, 0.4) is 0 Å². The van der Waals surface area contributed by atoms with E-state index in [1.165, 1.54) is 38.5 Å². The molecule has 0 aromatic carbocycles. The van der Waals surface area contributed by atoms with Gasteiger partial charge in [0, 0.05) is 6.42 Å². The summed E-state index contributed by atoms with van der Waals surface area (Å²) in [5.41, 5.74) is 0.586. The van der Waals surface area contributed by atoms with Crippen LogP contribution in [0.4, 0.5) is 4.39 Å². The molecule has 2 unspecified atom stereocenters. The second kappa shape index (κ2) is 7.27. The molecule has 160 valence electrons. The molecule has 1 N–H and O–H groups in total. The van der Waals surface area contributed by atoms with Gasteiger partial charge in [0.05, 0.1) is 0 Å². The number of carbonyl (C=O) groups is 1. The Kier molecular flexibility index (Phi) is 5.37. The molecule has 3 heteroatoms. The lowest BCUT2D eigenvalue weighted by atomic mass is 9.43. The molecular formula is C25H41FO2. The Balaban J connectivity index is 1.53. The summed E-state index contributed by atoms with van der Waals surface area (Å²) in [6.45, 7) is 9.38. The minimum absolute atomic E-state index is 0.211. The molecule has 0 radical (unpaired) electrons. The topological polar surface area (TPSA) is 37.3 Å². The predicted octanol–water partition coefficient (Wildman–Crippen LogP) is 6.73. The summed E-state index contributed by atoms with van der Waals surface area (Å²) in [6, 6.07) is 0. The maximum absolute atomic E-state index is 15.1. The summed E-state index contributed by atoms with van der Waals surface area (Å²) in [5.74, 6) is 3.31. The van der Waals surface area contributed by atoms with E-state index >= 15 is 4.39 Å². The van der Waals surface area contributed by atoms with E-state index in [1.54, 1.807) is 0 Å². The summed E-state index contributed by atoms with van der Waals surface area (Å²) in [5, 5.41) is 9.10. The lowest BCUT2D eigenvalue weighted by Crippen LogP contribution is -2.56. The molecule has 0 aromatic rings. The van der Waals surface area contributed by atoms with E-state index in [0.29, 0.717) is 29.6 Å². The van der Waals surface area contributed by atoms with E-state index < -0.39 is 12.1 Å². The Bertz CT molecular complexity index is 605. The lowest BCUT2D eigenvalue weighted by Gasteiger charge is -2.62. The van der Waals surface area contributed by atoms with Gasteiger partial charge in [-0.05, 0) is 110 Å². The highest BCUT2D eigenvalue weighted by Crippen LogP contribution is 2.68. The van der Waals surface area contributed by atoms with E-state index in [4.69, 9.17) is 5.11 Å². The van der Waals surface area contributed by atoms with Crippen molar-refractivity contribution in [2.75, 3.05) is 0 Å². The maximum atomic E-state index is 15.1. The van der Waals surface area contributed by atoms with Crippen LogP contribution in [0, 0.1) is 52.3 Å². The van der Waals surface area contributed by atoms with Crippen LogP contribution in [-0.2, 0) is 4.79 Å². The molecule has 0 heterocycles. The fourth-order valence-electron chi connectivity index (χ4n) is 9.00. The van der Waals surface area contributed by atoms with Crippen molar-refractivity contribution in [3.63, 3.8) is 0 Å². The van der Waals surface area contributed by atoms with Gasteiger partial charge in [-0.15, -0.1) is 0 Å². The quantitative estimate of drug-likeness (QED) is 0.576. The third-order valence-electron chi connectivity index (χ3n) is 10.6. The predicted molar refractivity (Wildman–Crippen MR) is 111 cm³/mol. The van der Waals surface area contributed by atoms with Gasteiger partial charge in [-0.25, -0.2) is 4.39 Å². The molecule has 4 aliphatic carbocycles. The summed E-state index contributed by atoms with van der Waals surface area (Å²) in [6.07, 6.45) is 10.3. The van der Waals surface area contributed by atoms with Crippen molar-refractivity contribution >= 4 is 5.97 Å². The van der Waals surface area contributed by atoms with Crippen molar-refractivity contribution in [2.45, 2.75) is 98.1 Å². The molecule has 4 aliphatic rings. The van der Waals surface area contributed by atoms with Crippen molar-refractivity contribution in [1.29, 1.82) is 0 Å². The van der Waals surface area contributed by atoms with E-state index in [9.17, 15) is 4.79 Å². The van der Waals surface area contributed by atoms with Gasteiger partial charge < -0.3 is 5.11 Å². The second-order valence-electron chi connectivity index (χ2n) is 11.7. The molecule has 0 aliphatic heterocycles. The van der Waals surface area contributed by atoms with E-state index in [1.807, 2.05) is 0 Å². The van der Waals surface area contributed by atoms with Crippen LogP contribution in [0.1, 0.15) is 91.9 Å². The number of carboxylic acid groups (broad SMARTS) is 1. The van der Waals surface area contributed by atoms with Gasteiger partial charge in [0.15, 0.2) is 0 Å². The van der Waals surface area contributed by atoms with Crippen LogP contribution in [0.2, 0.25) is 0 Å². The number of halogens is 1. The summed E-state index contributed by atoms with van der Waals surface area (Å²) in [4.78, 5) is 11.1. The van der Waals surface area contributed by atoms with Gasteiger partial charge in [-0.1, -0.05) is 27.7 Å². The van der Waals surface area contributed by atoms with Gasteiger partial charge in [0.2, 0.25) is 0 Å². The number of aliphatic carboxylic acids is 1. The Morgan fingerprint density at radius 1 is 1.00 bits per heavy atom. The lowest BCUT2D eigenvalue weighted by molar-refractivity contribution is -0.143. The first-order valence-corrected chi connectivity index (χ1v) is 12.0.